The highest BCUT2D eigenvalue weighted by molar-refractivity contribution is 5.91. The van der Waals surface area contributed by atoms with Crippen molar-refractivity contribution in [2.75, 3.05) is 33.0 Å². The van der Waals surface area contributed by atoms with Gasteiger partial charge in [-0.25, -0.2) is 18.8 Å². The molecule has 23 N–H and O–H groups in total. The van der Waals surface area contributed by atoms with Gasteiger partial charge in [0.25, 0.3) is 0 Å². The van der Waals surface area contributed by atoms with Crippen LogP contribution in [0.15, 0.2) is 114 Å². The van der Waals surface area contributed by atoms with Gasteiger partial charge in [-0.05, 0) is 83.4 Å². The van der Waals surface area contributed by atoms with Crippen LogP contribution in [0.3, 0.4) is 0 Å². The number of hydrogen-bond acceptors (Lipinski definition) is 41. The van der Waals surface area contributed by atoms with E-state index in [1.807, 2.05) is 0 Å². The average Bonchev–Trinajstić information content (AvgIpc) is 0.763. The molecule has 6 heterocycles. The summed E-state index contributed by atoms with van der Waals surface area (Å²) in [5, 5.41) is 244. The van der Waals surface area contributed by atoms with Gasteiger partial charge in [0.1, 0.15) is 172 Å². The Balaban J connectivity index is 0.739. The first-order valence-corrected chi connectivity index (χ1v) is 35.5. The van der Waals surface area contributed by atoms with Gasteiger partial charge in [0.2, 0.25) is 37.2 Å². The zero-order valence-corrected chi connectivity index (χ0v) is 60.8. The predicted octanol–water partition coefficient (Wildman–Crippen LogP) is -4.67. The molecule has 0 radical (unpaired) electrons. The predicted molar refractivity (Wildman–Crippen MR) is 382 cm³/mol. The van der Waals surface area contributed by atoms with E-state index in [0.29, 0.717) is 0 Å². The number of rotatable bonds is 28. The van der Waals surface area contributed by atoms with Crippen molar-refractivity contribution >= 4 is 59.0 Å². The number of aliphatic hydroxyl groups excluding tert-OH is 16. The largest absolute Gasteiger partial charge is 0.507 e. The summed E-state index contributed by atoms with van der Waals surface area (Å²) in [6, 6.07) is 17.0. The van der Waals surface area contributed by atoms with Crippen molar-refractivity contribution < 1.29 is 212 Å². The van der Waals surface area contributed by atoms with Gasteiger partial charge >= 0.3 is 41.2 Å². The molecule has 5 aliphatic rings. The van der Waals surface area contributed by atoms with E-state index in [9.17, 15) is 136 Å². The number of hydrogen-bond donors (Lipinski definition) is 23. The molecule has 0 unspecified atom stereocenters. The van der Waals surface area contributed by atoms with E-state index in [4.69, 9.17) is 75.8 Å². The maximum atomic E-state index is 13.2. The first kappa shape index (κ1) is 87.9. The van der Waals surface area contributed by atoms with Crippen molar-refractivity contribution in [3.05, 3.63) is 126 Å². The summed E-state index contributed by atoms with van der Waals surface area (Å²) in [6.45, 7) is -4.01. The Morgan fingerprint density at radius 2 is 0.712 bits per heavy atom. The molecule has 11 rings (SSSR count). The van der Waals surface area contributed by atoms with Crippen molar-refractivity contribution in [3.8, 4) is 74.6 Å². The number of ether oxygens (including phenoxy) is 14. The van der Waals surface area contributed by atoms with Gasteiger partial charge < -0.3 is 184 Å². The molecule has 638 valence electrons. The van der Waals surface area contributed by atoms with E-state index >= 15 is 0 Å². The summed E-state index contributed by atoms with van der Waals surface area (Å²) in [7, 11) is 0. The quantitative estimate of drug-likeness (QED) is 0.00548. The van der Waals surface area contributed by atoms with E-state index in [1.54, 1.807) is 0 Å². The average molecular weight is 1670 g/mol. The molecule has 5 aliphatic heterocycles. The van der Waals surface area contributed by atoms with Crippen LogP contribution in [0.1, 0.15) is 23.1 Å². The van der Waals surface area contributed by atoms with E-state index < -0.39 is 280 Å². The van der Waals surface area contributed by atoms with Crippen LogP contribution in [0.25, 0.3) is 40.5 Å². The number of phenols is 6. The number of carboxylic acids is 1. The molecule has 1 aromatic heterocycles. The minimum atomic E-state index is -2.16. The van der Waals surface area contributed by atoms with Crippen LogP contribution in [0.5, 0.6) is 63.2 Å². The van der Waals surface area contributed by atoms with Crippen LogP contribution in [0, 0.1) is 0 Å². The zero-order valence-electron chi connectivity index (χ0n) is 60.8. The van der Waals surface area contributed by atoms with Gasteiger partial charge in [0, 0.05) is 36.4 Å². The second kappa shape index (κ2) is 38.2. The maximum absolute atomic E-state index is 13.2. The molecular formula is C75H81O43+. The standard InChI is InChI=1S/C75H80O43/c76-23-45-55(89)60(94)66(100)72(114-45)110-40-10-2-29(16-38(40)81)5-13-52(86)105-25-47-57(91)62(96)67(101)73(116-47)111-41-11-3-30(17-39(41)82)6-14-53(87)106-26-48-58(92)63(97)68(102)74(117-48)112-43-18-31(7-9-35(43)78)70-44(113-75-69(103)64(98)59(93)49(118-75)27-107-54(88)22-50(83)84)21-33-36(79)19-32(20-42(33)109-70)108-71-65(99)61(95)56(90)46(115-71)24-104-51(85)12-4-28-1-8-34(77)37(80)15-28/h1-21,45-49,55-69,71-76,89-103H,22-27H2,(H6-,77,78,79,80,81,82,83,84,85)/p+1/b13-5+,14-6+/t45-,46-,47-,48-,49-,55-,56-,57-,58-,59-,60+,61+,62+,63+,64-,65+,66+,67-,68-,69+,71-,72-,73-,74-,75-/m1/s1. The highest BCUT2D eigenvalue weighted by Crippen LogP contribution is 2.45. The second-order valence-electron chi connectivity index (χ2n) is 27.2. The van der Waals surface area contributed by atoms with Crippen LogP contribution < -0.4 is 23.7 Å². The summed E-state index contributed by atoms with van der Waals surface area (Å²) < 4.78 is 83.7. The third kappa shape index (κ3) is 20.8. The molecule has 0 spiro atoms. The van der Waals surface area contributed by atoms with Crippen LogP contribution >= 0.6 is 0 Å². The molecule has 118 heavy (non-hydrogen) atoms. The summed E-state index contributed by atoms with van der Waals surface area (Å²) >= 11 is 0. The van der Waals surface area contributed by atoms with Gasteiger partial charge in [-0.2, -0.15) is 0 Å². The van der Waals surface area contributed by atoms with E-state index in [0.717, 1.165) is 91.0 Å². The highest BCUT2D eigenvalue weighted by atomic mass is 16.7. The van der Waals surface area contributed by atoms with E-state index in [2.05, 4.69) is 0 Å². The van der Waals surface area contributed by atoms with Crippen LogP contribution in [-0.4, -0.2) is 334 Å². The molecule has 25 atom stereocenters. The lowest BCUT2D eigenvalue weighted by atomic mass is 9.99. The van der Waals surface area contributed by atoms with Gasteiger partial charge in [0.15, 0.2) is 46.0 Å². The third-order valence-corrected chi connectivity index (χ3v) is 18.8. The van der Waals surface area contributed by atoms with Gasteiger partial charge in [0.05, 0.1) is 18.2 Å². The number of fused-ring (bicyclic) bond motifs is 1. The number of benzene rings is 5. The van der Waals surface area contributed by atoms with Crippen LogP contribution in [0.4, 0.5) is 0 Å². The number of aromatic hydroxyl groups is 6. The second-order valence-corrected chi connectivity index (χ2v) is 27.2. The number of aliphatic carboxylic acids is 1. The number of carboxylic acid groups (broad SMARTS) is 1. The van der Waals surface area contributed by atoms with Crippen molar-refractivity contribution in [2.24, 2.45) is 0 Å². The molecule has 5 fully saturated rings. The molecule has 0 saturated carbocycles. The molecule has 5 saturated heterocycles. The number of carbonyl (C=O) groups is 5. The SMILES string of the molecule is O=C(O)CC(=O)OC[C@H]1O[C@@H](Oc2cc3c(O)cc(O[C@@H]4O[C@H](COC(=O)C=Cc5ccc(O)c(O)c5)[C@@H](O)[C@H](O)[C@@H]4O)cc3[o+]c2-c2ccc(O)c(O[C@@H]3O[C@H](COC(=O)/C=C/c4ccc(O[C@@H]5O[C@H](COC(=O)/C=C/c6ccc(O[C@@H]7O[C@H](CO)[C@@H](O)[C@H](O)[C@@H]7O)c(O)c6)[C@@H](O)[C@H](O)[C@H]5O)c(O)c4)[C@@H](O)[C@H](O)[C@H]3O)c2)[C@@H](O)[C@H](O)[C@@H]1O. The summed E-state index contributed by atoms with van der Waals surface area (Å²) in [5.41, 5.74) is -0.0108. The van der Waals surface area contributed by atoms with Crippen LogP contribution in [0.2, 0.25) is 0 Å². The normalized spacial score (nSPS) is 31.1. The molecule has 0 amide bonds. The Bertz CT molecular complexity index is 4650. The number of carbonyl (C=O) groups excluding carboxylic acids is 4. The molecule has 43 nitrogen and oxygen atoms in total. The fraction of sp³-hybridized carbons (Fsp3) is 0.413. The summed E-state index contributed by atoms with van der Waals surface area (Å²) in [5.74, 6) is -12.3. The molecule has 6 aromatic rings. The molecule has 43 heteroatoms. The Labute approximate surface area is 662 Å². The van der Waals surface area contributed by atoms with E-state index in [1.165, 1.54) is 36.4 Å². The summed E-state index contributed by atoms with van der Waals surface area (Å²) in [6.07, 6.45) is -41.8. The monoisotopic (exact) mass is 1670 g/mol. The number of phenolic OH excluding ortho intramolecular Hbond substituents is 6. The maximum Gasteiger partial charge on any atom is 0.402 e. The number of aliphatic hydroxyl groups is 16. The van der Waals surface area contributed by atoms with Crippen LogP contribution in [-0.2, 0) is 66.6 Å². The lowest BCUT2D eigenvalue weighted by Crippen LogP contribution is -2.60. The molecular weight excluding hydrogens is 1590 g/mol. The van der Waals surface area contributed by atoms with Gasteiger partial charge in [-0.15, -0.1) is 0 Å². The smallest absolute Gasteiger partial charge is 0.402 e. The lowest BCUT2D eigenvalue weighted by Gasteiger charge is -2.40. The summed E-state index contributed by atoms with van der Waals surface area (Å²) in [4.78, 5) is 61.9. The number of esters is 4. The highest BCUT2D eigenvalue weighted by Gasteiger charge is 2.51. The fourth-order valence-electron chi connectivity index (χ4n) is 12.3. The Hall–Kier alpha value is -11.0. The molecule has 5 aromatic carbocycles. The van der Waals surface area contributed by atoms with Gasteiger partial charge in [-0.1, -0.05) is 18.2 Å². The first-order valence-electron chi connectivity index (χ1n) is 35.5. The van der Waals surface area contributed by atoms with Gasteiger partial charge in [-0.3, -0.25) is 9.59 Å². The fourth-order valence-corrected chi connectivity index (χ4v) is 12.3. The lowest BCUT2D eigenvalue weighted by molar-refractivity contribution is -0.278. The van der Waals surface area contributed by atoms with Crippen molar-refractivity contribution in [1.82, 2.24) is 0 Å². The van der Waals surface area contributed by atoms with Crippen molar-refractivity contribution in [3.63, 3.8) is 0 Å². The first-order chi connectivity index (χ1) is 56.0. The third-order valence-electron chi connectivity index (χ3n) is 18.8. The molecule has 0 aliphatic carbocycles. The minimum absolute atomic E-state index is 0.0943. The molecule has 0 bridgehead atoms. The van der Waals surface area contributed by atoms with Crippen molar-refractivity contribution in [1.29, 1.82) is 0 Å². The zero-order chi connectivity index (χ0) is 85.4. The Morgan fingerprint density at radius 3 is 1.12 bits per heavy atom. The Morgan fingerprint density at radius 1 is 0.347 bits per heavy atom. The topological polar surface area (TPSA) is 691 Å². The van der Waals surface area contributed by atoms with Crippen molar-refractivity contribution in [2.45, 2.75) is 160 Å². The van der Waals surface area contributed by atoms with E-state index in [-0.39, 0.29) is 44.7 Å². The minimum Gasteiger partial charge on any atom is -0.507 e. The Kier molecular flexibility index (Phi) is 28.4.